The zero-order valence-electron chi connectivity index (χ0n) is 12.8. The Kier molecular flexibility index (Phi) is 5.42. The second kappa shape index (κ2) is 7.31. The highest BCUT2D eigenvalue weighted by Gasteiger charge is 2.30. The topological polar surface area (TPSA) is 29.1 Å². The SMILES string of the molecule is CCc1ccc(CC(=O)NCc2cccc(C(F)(F)F)c2)cc1. The third-order valence-corrected chi connectivity index (χ3v) is 3.54. The molecule has 0 aliphatic heterocycles. The minimum absolute atomic E-state index is 0.0792. The molecule has 0 aromatic heterocycles. The lowest BCUT2D eigenvalue weighted by molar-refractivity contribution is -0.137. The first kappa shape index (κ1) is 17.1. The van der Waals surface area contributed by atoms with Gasteiger partial charge in [-0.2, -0.15) is 13.2 Å². The quantitative estimate of drug-likeness (QED) is 0.881. The Balaban J connectivity index is 1.91. The highest BCUT2D eigenvalue weighted by atomic mass is 19.4. The number of rotatable bonds is 5. The molecule has 0 aliphatic rings. The van der Waals surface area contributed by atoms with Crippen LogP contribution in [0.25, 0.3) is 0 Å². The summed E-state index contributed by atoms with van der Waals surface area (Å²) < 4.78 is 37.9. The van der Waals surface area contributed by atoms with E-state index < -0.39 is 11.7 Å². The van der Waals surface area contributed by atoms with Crippen molar-refractivity contribution in [3.05, 3.63) is 70.8 Å². The number of hydrogen-bond acceptors (Lipinski definition) is 1. The van der Waals surface area contributed by atoms with Gasteiger partial charge < -0.3 is 5.32 Å². The van der Waals surface area contributed by atoms with E-state index in [0.717, 1.165) is 24.1 Å². The zero-order chi connectivity index (χ0) is 16.9. The molecular weight excluding hydrogens is 303 g/mol. The Morgan fingerprint density at radius 1 is 1.00 bits per heavy atom. The molecule has 2 rings (SSSR count). The van der Waals surface area contributed by atoms with Crippen LogP contribution < -0.4 is 5.32 Å². The smallest absolute Gasteiger partial charge is 0.352 e. The standard InChI is InChI=1S/C18H18F3NO/c1-2-13-6-8-14(9-7-13)11-17(23)22-12-15-4-3-5-16(10-15)18(19,20)21/h3-10H,2,11-12H2,1H3,(H,22,23). The van der Waals surface area contributed by atoms with Crippen molar-refractivity contribution in [2.45, 2.75) is 32.5 Å². The van der Waals surface area contributed by atoms with Gasteiger partial charge in [0.25, 0.3) is 0 Å². The van der Waals surface area contributed by atoms with Gasteiger partial charge >= 0.3 is 6.18 Å². The molecular formula is C18H18F3NO. The van der Waals surface area contributed by atoms with E-state index in [1.54, 1.807) is 6.07 Å². The van der Waals surface area contributed by atoms with Crippen molar-refractivity contribution in [2.24, 2.45) is 0 Å². The number of hydrogen-bond donors (Lipinski definition) is 1. The number of carbonyl (C=O) groups is 1. The fraction of sp³-hybridized carbons (Fsp3) is 0.278. The van der Waals surface area contributed by atoms with Crippen LogP contribution in [0.4, 0.5) is 13.2 Å². The van der Waals surface area contributed by atoms with Crippen LogP contribution in [0.1, 0.15) is 29.2 Å². The first-order valence-electron chi connectivity index (χ1n) is 7.39. The number of aryl methyl sites for hydroxylation is 1. The van der Waals surface area contributed by atoms with Gasteiger partial charge in [-0.15, -0.1) is 0 Å². The average Bonchev–Trinajstić information content (AvgIpc) is 2.53. The monoisotopic (exact) mass is 321 g/mol. The van der Waals surface area contributed by atoms with Crippen LogP contribution in [-0.4, -0.2) is 5.91 Å². The molecule has 1 N–H and O–H groups in total. The summed E-state index contributed by atoms with van der Waals surface area (Å²) >= 11 is 0. The molecule has 2 nitrogen and oxygen atoms in total. The van der Waals surface area contributed by atoms with Crippen LogP contribution in [0.3, 0.4) is 0 Å². The highest BCUT2D eigenvalue weighted by molar-refractivity contribution is 5.78. The van der Waals surface area contributed by atoms with Gasteiger partial charge in [0.1, 0.15) is 0 Å². The molecule has 0 saturated heterocycles. The molecule has 0 saturated carbocycles. The molecule has 1 amide bonds. The van der Waals surface area contributed by atoms with Crippen LogP contribution in [0.5, 0.6) is 0 Å². The van der Waals surface area contributed by atoms with Crippen molar-refractivity contribution in [1.29, 1.82) is 0 Å². The molecule has 5 heteroatoms. The number of benzene rings is 2. The van der Waals surface area contributed by atoms with Crippen molar-refractivity contribution in [1.82, 2.24) is 5.32 Å². The highest BCUT2D eigenvalue weighted by Crippen LogP contribution is 2.29. The van der Waals surface area contributed by atoms with Gasteiger partial charge in [-0.1, -0.05) is 43.3 Å². The Labute approximate surface area is 133 Å². The van der Waals surface area contributed by atoms with Crippen molar-refractivity contribution in [3.63, 3.8) is 0 Å². The van der Waals surface area contributed by atoms with Crippen molar-refractivity contribution < 1.29 is 18.0 Å². The molecule has 122 valence electrons. The van der Waals surface area contributed by atoms with E-state index in [-0.39, 0.29) is 18.9 Å². The lowest BCUT2D eigenvalue weighted by Crippen LogP contribution is -2.24. The third-order valence-electron chi connectivity index (χ3n) is 3.54. The lowest BCUT2D eigenvalue weighted by atomic mass is 10.1. The molecule has 0 fully saturated rings. The predicted octanol–water partition coefficient (Wildman–Crippen LogP) is 4.13. The molecule has 0 atom stereocenters. The normalized spacial score (nSPS) is 11.3. The van der Waals surface area contributed by atoms with Crippen LogP contribution in [-0.2, 0) is 30.4 Å². The number of nitrogens with one attached hydrogen (secondary N) is 1. The second-order valence-corrected chi connectivity index (χ2v) is 5.32. The first-order valence-corrected chi connectivity index (χ1v) is 7.39. The lowest BCUT2D eigenvalue weighted by Gasteiger charge is -2.10. The van der Waals surface area contributed by atoms with Gasteiger partial charge in [0.2, 0.25) is 5.91 Å². The van der Waals surface area contributed by atoms with Gasteiger partial charge in [-0.25, -0.2) is 0 Å². The molecule has 0 spiro atoms. The fourth-order valence-corrected chi connectivity index (χ4v) is 2.20. The Morgan fingerprint density at radius 2 is 1.65 bits per heavy atom. The summed E-state index contributed by atoms with van der Waals surface area (Å²) in [6.45, 7) is 2.13. The summed E-state index contributed by atoms with van der Waals surface area (Å²) in [6.07, 6.45) is -3.23. The molecule has 0 heterocycles. The van der Waals surface area contributed by atoms with Crippen LogP contribution in [0, 0.1) is 0 Å². The number of halogens is 3. The third kappa shape index (κ3) is 5.13. The van der Waals surface area contributed by atoms with E-state index in [4.69, 9.17) is 0 Å². The van der Waals surface area contributed by atoms with Crippen molar-refractivity contribution >= 4 is 5.91 Å². The molecule has 23 heavy (non-hydrogen) atoms. The van der Waals surface area contributed by atoms with Crippen LogP contribution in [0.15, 0.2) is 48.5 Å². The summed E-state index contributed by atoms with van der Waals surface area (Å²) in [4.78, 5) is 11.9. The van der Waals surface area contributed by atoms with E-state index in [1.807, 2.05) is 24.3 Å². The minimum atomic E-state index is -4.37. The van der Waals surface area contributed by atoms with Gasteiger partial charge in [-0.05, 0) is 35.2 Å². The minimum Gasteiger partial charge on any atom is -0.352 e. The van der Waals surface area contributed by atoms with Crippen LogP contribution >= 0.6 is 0 Å². The molecule has 0 bridgehead atoms. The Bertz CT molecular complexity index is 663. The van der Waals surface area contributed by atoms with E-state index in [0.29, 0.717) is 5.56 Å². The van der Waals surface area contributed by atoms with Gasteiger partial charge in [0.05, 0.1) is 12.0 Å². The van der Waals surface area contributed by atoms with Gasteiger partial charge in [-0.3, -0.25) is 4.79 Å². The van der Waals surface area contributed by atoms with E-state index in [2.05, 4.69) is 12.2 Å². The van der Waals surface area contributed by atoms with E-state index in [1.165, 1.54) is 11.6 Å². The van der Waals surface area contributed by atoms with Gasteiger partial charge in [0.15, 0.2) is 0 Å². The summed E-state index contributed by atoms with van der Waals surface area (Å²) in [5, 5.41) is 2.65. The van der Waals surface area contributed by atoms with Gasteiger partial charge in [0, 0.05) is 6.54 Å². The fourth-order valence-electron chi connectivity index (χ4n) is 2.20. The molecule has 0 unspecified atom stereocenters. The largest absolute Gasteiger partial charge is 0.416 e. The van der Waals surface area contributed by atoms with Crippen LogP contribution in [0.2, 0.25) is 0 Å². The molecule has 0 radical (unpaired) electrons. The van der Waals surface area contributed by atoms with Crippen molar-refractivity contribution in [2.75, 3.05) is 0 Å². The summed E-state index contributed by atoms with van der Waals surface area (Å²) in [5.74, 6) is -0.216. The summed E-state index contributed by atoms with van der Waals surface area (Å²) in [7, 11) is 0. The maximum Gasteiger partial charge on any atom is 0.416 e. The number of alkyl halides is 3. The van der Waals surface area contributed by atoms with E-state index in [9.17, 15) is 18.0 Å². The average molecular weight is 321 g/mol. The first-order chi connectivity index (χ1) is 10.9. The predicted molar refractivity (Wildman–Crippen MR) is 82.8 cm³/mol. The second-order valence-electron chi connectivity index (χ2n) is 5.32. The Hall–Kier alpha value is -2.30. The maximum absolute atomic E-state index is 12.6. The summed E-state index contributed by atoms with van der Waals surface area (Å²) in [5.41, 5.74) is 1.79. The molecule has 2 aromatic carbocycles. The zero-order valence-corrected chi connectivity index (χ0v) is 12.8. The number of carbonyl (C=O) groups excluding carboxylic acids is 1. The number of amides is 1. The maximum atomic E-state index is 12.6. The molecule has 0 aliphatic carbocycles. The Morgan fingerprint density at radius 3 is 2.26 bits per heavy atom. The summed E-state index contributed by atoms with van der Waals surface area (Å²) in [6, 6.07) is 12.7. The van der Waals surface area contributed by atoms with E-state index >= 15 is 0 Å². The molecule has 2 aromatic rings. The van der Waals surface area contributed by atoms with Crippen molar-refractivity contribution in [3.8, 4) is 0 Å².